The number of unbranched alkanes of at least 4 members (excludes halogenated alkanes) is 1. The van der Waals surface area contributed by atoms with Gasteiger partial charge in [-0.25, -0.2) is 0 Å². The second-order valence-corrected chi connectivity index (χ2v) is 6.29. The lowest BCUT2D eigenvalue weighted by molar-refractivity contribution is -0.141. The fraction of sp³-hybridized carbons (Fsp3) is 0.524. The Morgan fingerprint density at radius 3 is 2.39 bits per heavy atom. The van der Waals surface area contributed by atoms with Crippen molar-refractivity contribution in [2.45, 2.75) is 38.6 Å². The number of carbonyl (C=O) groups is 2. The number of benzene rings is 1. The first kappa shape index (κ1) is 26.1. The van der Waals surface area contributed by atoms with E-state index in [-0.39, 0.29) is 37.3 Å². The topological polar surface area (TPSA) is 81.9 Å². The van der Waals surface area contributed by atoms with Crippen molar-refractivity contribution in [2.75, 3.05) is 33.4 Å². The molecule has 28 heavy (non-hydrogen) atoms. The van der Waals surface area contributed by atoms with E-state index in [1.807, 2.05) is 23.1 Å². The first-order valence-corrected chi connectivity index (χ1v) is 9.41. The molecule has 0 aliphatic heterocycles. The van der Waals surface area contributed by atoms with E-state index in [0.29, 0.717) is 32.7 Å². The Bertz CT molecular complexity index is 578. The first-order chi connectivity index (χ1) is 13.1. The van der Waals surface area contributed by atoms with E-state index in [0.717, 1.165) is 24.8 Å². The zero-order valence-corrected chi connectivity index (χ0v) is 17.5. The molecule has 0 aliphatic carbocycles. The second kappa shape index (κ2) is 16.1. The van der Waals surface area contributed by atoms with E-state index in [1.165, 1.54) is 12.7 Å². The highest BCUT2D eigenvalue weighted by atomic mass is 35.5. The van der Waals surface area contributed by atoms with Crippen molar-refractivity contribution in [3.63, 3.8) is 0 Å². The van der Waals surface area contributed by atoms with Crippen molar-refractivity contribution >= 4 is 24.3 Å². The molecule has 0 atom stereocenters. The van der Waals surface area contributed by atoms with Crippen LogP contribution in [0.25, 0.3) is 0 Å². The summed E-state index contributed by atoms with van der Waals surface area (Å²) in [7, 11) is 1.34. The zero-order chi connectivity index (χ0) is 19.9. The molecule has 1 amide bonds. The van der Waals surface area contributed by atoms with E-state index >= 15 is 0 Å². The SMILES string of the molecule is C=CCCCN(Cc1ccc(CCN)cc1)C(=O)CCOCCC(=O)OC.Cl. The second-order valence-electron chi connectivity index (χ2n) is 6.29. The van der Waals surface area contributed by atoms with E-state index in [4.69, 9.17) is 10.5 Å². The van der Waals surface area contributed by atoms with Gasteiger partial charge in [0.2, 0.25) is 5.91 Å². The molecule has 0 radical (unpaired) electrons. The van der Waals surface area contributed by atoms with Gasteiger partial charge in [-0.2, -0.15) is 0 Å². The molecular weight excluding hydrogens is 380 g/mol. The van der Waals surface area contributed by atoms with Gasteiger partial charge in [0.25, 0.3) is 0 Å². The summed E-state index contributed by atoms with van der Waals surface area (Å²) in [6, 6.07) is 8.21. The van der Waals surface area contributed by atoms with Crippen LogP contribution in [0.1, 0.15) is 36.8 Å². The summed E-state index contributed by atoms with van der Waals surface area (Å²) in [4.78, 5) is 25.5. The predicted octanol–water partition coefficient (Wildman–Crippen LogP) is 2.87. The van der Waals surface area contributed by atoms with Gasteiger partial charge in [0.15, 0.2) is 0 Å². The number of nitrogens with zero attached hydrogens (tertiary/aromatic N) is 1. The molecule has 7 heteroatoms. The fourth-order valence-corrected chi connectivity index (χ4v) is 2.59. The third-order valence-corrected chi connectivity index (χ3v) is 4.16. The lowest BCUT2D eigenvalue weighted by atomic mass is 10.1. The Hall–Kier alpha value is -1.89. The molecule has 158 valence electrons. The molecule has 0 heterocycles. The monoisotopic (exact) mass is 412 g/mol. The van der Waals surface area contributed by atoms with Gasteiger partial charge in [0.1, 0.15) is 0 Å². The van der Waals surface area contributed by atoms with E-state index in [2.05, 4.69) is 23.4 Å². The lowest BCUT2D eigenvalue weighted by Crippen LogP contribution is -2.32. The molecular formula is C21H33ClN2O4. The van der Waals surface area contributed by atoms with Gasteiger partial charge in [-0.1, -0.05) is 30.3 Å². The Balaban J connectivity index is 0.00000729. The molecule has 6 nitrogen and oxygen atoms in total. The Morgan fingerprint density at radius 1 is 1.14 bits per heavy atom. The number of rotatable bonds is 14. The van der Waals surface area contributed by atoms with E-state index < -0.39 is 0 Å². The molecule has 0 aromatic heterocycles. The van der Waals surface area contributed by atoms with Crippen LogP contribution in [0.15, 0.2) is 36.9 Å². The third-order valence-electron chi connectivity index (χ3n) is 4.16. The number of amides is 1. The maximum atomic E-state index is 12.6. The van der Waals surface area contributed by atoms with E-state index in [1.54, 1.807) is 0 Å². The van der Waals surface area contributed by atoms with Crippen LogP contribution >= 0.6 is 12.4 Å². The third kappa shape index (κ3) is 11.1. The molecule has 0 saturated heterocycles. The molecule has 1 aromatic rings. The number of carbonyl (C=O) groups excluding carboxylic acids is 2. The summed E-state index contributed by atoms with van der Waals surface area (Å²) >= 11 is 0. The molecule has 0 aliphatic rings. The highest BCUT2D eigenvalue weighted by Crippen LogP contribution is 2.11. The number of ether oxygens (including phenoxy) is 2. The maximum absolute atomic E-state index is 12.6. The van der Waals surface area contributed by atoms with Gasteiger partial charge in [0, 0.05) is 13.1 Å². The van der Waals surface area contributed by atoms with Crippen molar-refractivity contribution in [3.8, 4) is 0 Å². The molecule has 2 N–H and O–H groups in total. The molecule has 0 saturated carbocycles. The molecule has 0 fully saturated rings. The van der Waals surface area contributed by atoms with Gasteiger partial charge in [0.05, 0.1) is 33.2 Å². The largest absolute Gasteiger partial charge is 0.469 e. The number of halogens is 1. The number of esters is 1. The summed E-state index contributed by atoms with van der Waals surface area (Å²) in [6.07, 6.45) is 4.95. The molecule has 0 bridgehead atoms. The zero-order valence-electron chi connectivity index (χ0n) is 16.7. The summed E-state index contributed by atoms with van der Waals surface area (Å²) in [6.45, 7) is 6.17. The molecule has 0 unspecified atom stereocenters. The Morgan fingerprint density at radius 2 is 1.79 bits per heavy atom. The average molecular weight is 413 g/mol. The van der Waals surface area contributed by atoms with Gasteiger partial charge >= 0.3 is 5.97 Å². The smallest absolute Gasteiger partial charge is 0.307 e. The molecule has 1 aromatic carbocycles. The summed E-state index contributed by atoms with van der Waals surface area (Å²) in [5.41, 5.74) is 7.87. The number of allylic oxidation sites excluding steroid dienone is 1. The Kier molecular flexibility index (Phi) is 15.0. The van der Waals surface area contributed by atoms with Crippen molar-refractivity contribution < 1.29 is 19.1 Å². The lowest BCUT2D eigenvalue weighted by Gasteiger charge is -2.23. The quantitative estimate of drug-likeness (QED) is 0.288. The van der Waals surface area contributed by atoms with Crippen LogP contribution in [0.3, 0.4) is 0 Å². The number of hydrogen-bond donors (Lipinski definition) is 1. The van der Waals surface area contributed by atoms with Crippen LogP contribution in [-0.4, -0.2) is 50.2 Å². The minimum Gasteiger partial charge on any atom is -0.469 e. The van der Waals surface area contributed by atoms with Crippen molar-refractivity contribution in [1.29, 1.82) is 0 Å². The van der Waals surface area contributed by atoms with Gasteiger partial charge in [-0.3, -0.25) is 9.59 Å². The van der Waals surface area contributed by atoms with Crippen LogP contribution < -0.4 is 5.73 Å². The number of hydrogen-bond acceptors (Lipinski definition) is 5. The van der Waals surface area contributed by atoms with Crippen LogP contribution in [0.2, 0.25) is 0 Å². The minimum atomic E-state index is -0.314. The molecule has 1 rings (SSSR count). The van der Waals surface area contributed by atoms with Crippen LogP contribution in [0.4, 0.5) is 0 Å². The minimum absolute atomic E-state index is 0. The maximum Gasteiger partial charge on any atom is 0.307 e. The van der Waals surface area contributed by atoms with Crippen molar-refractivity contribution in [1.82, 2.24) is 4.90 Å². The fourth-order valence-electron chi connectivity index (χ4n) is 2.59. The van der Waals surface area contributed by atoms with Crippen molar-refractivity contribution in [2.24, 2.45) is 5.73 Å². The van der Waals surface area contributed by atoms with Crippen molar-refractivity contribution in [3.05, 3.63) is 48.0 Å². The Labute approximate surface area is 174 Å². The van der Waals surface area contributed by atoms with Gasteiger partial charge in [-0.15, -0.1) is 19.0 Å². The van der Waals surface area contributed by atoms with Crippen LogP contribution in [0.5, 0.6) is 0 Å². The normalized spacial score (nSPS) is 10.1. The molecule has 0 spiro atoms. The number of methoxy groups -OCH3 is 1. The van der Waals surface area contributed by atoms with E-state index in [9.17, 15) is 9.59 Å². The summed E-state index contributed by atoms with van der Waals surface area (Å²) < 4.78 is 9.92. The van der Waals surface area contributed by atoms with Crippen LogP contribution in [0, 0.1) is 0 Å². The average Bonchev–Trinajstić information content (AvgIpc) is 2.68. The standard InChI is InChI=1S/C21H32N2O4.ClH/c1-3-4-5-14-23(17-19-8-6-18(7-9-19)10-13-22)20(24)11-15-27-16-12-21(25)26-2;/h3,6-9H,1,4-5,10-17,22H2,2H3;1H. The van der Waals surface area contributed by atoms with Gasteiger partial charge < -0.3 is 20.1 Å². The highest BCUT2D eigenvalue weighted by molar-refractivity contribution is 5.85. The number of nitrogens with two attached hydrogens (primary N) is 1. The highest BCUT2D eigenvalue weighted by Gasteiger charge is 2.14. The first-order valence-electron chi connectivity index (χ1n) is 9.41. The summed E-state index contributed by atoms with van der Waals surface area (Å²) in [5, 5.41) is 0. The van der Waals surface area contributed by atoms with Crippen LogP contribution in [-0.2, 0) is 32.0 Å². The summed E-state index contributed by atoms with van der Waals surface area (Å²) in [5.74, 6) is -0.270. The van der Waals surface area contributed by atoms with Gasteiger partial charge in [-0.05, 0) is 36.9 Å². The predicted molar refractivity (Wildman–Crippen MR) is 113 cm³/mol.